The molecule has 0 aliphatic heterocycles. The van der Waals surface area contributed by atoms with Crippen LogP contribution in [0.15, 0.2) is 30.5 Å². The van der Waals surface area contributed by atoms with Crippen molar-refractivity contribution in [1.82, 2.24) is 4.98 Å². The van der Waals surface area contributed by atoms with Gasteiger partial charge in [0.05, 0.1) is 0 Å². The van der Waals surface area contributed by atoms with Gasteiger partial charge in [-0.05, 0) is 17.7 Å². The van der Waals surface area contributed by atoms with Crippen molar-refractivity contribution in [3.63, 3.8) is 0 Å². The molecule has 0 bridgehead atoms. The smallest absolute Gasteiger partial charge is 0.149 e. The summed E-state index contributed by atoms with van der Waals surface area (Å²) in [4.78, 5) is 3.99. The van der Waals surface area contributed by atoms with Crippen LogP contribution >= 0.6 is 15.9 Å². The van der Waals surface area contributed by atoms with E-state index in [1.807, 2.05) is 12.1 Å². The largest absolute Gasteiger partial charge is 0.253 e. The molecule has 13 heavy (non-hydrogen) atoms. The summed E-state index contributed by atoms with van der Waals surface area (Å²) in [5, 5.41) is 1.59. The number of aromatic nitrogens is 1. The summed E-state index contributed by atoms with van der Waals surface area (Å²) < 4.78 is 13.2. The van der Waals surface area contributed by atoms with Crippen LogP contribution in [0.2, 0.25) is 0 Å². The van der Waals surface area contributed by atoms with Crippen molar-refractivity contribution in [2.75, 3.05) is 0 Å². The normalized spacial score (nSPS) is 10.6. The number of pyridine rings is 1. The minimum atomic E-state index is -0.264. The highest BCUT2D eigenvalue weighted by Gasteiger charge is 2.03. The second-order valence-corrected chi connectivity index (χ2v) is 3.30. The van der Waals surface area contributed by atoms with Crippen molar-refractivity contribution >= 4 is 26.8 Å². The SMILES string of the molecule is Fc1cccc2c(CBr)ccnc12. The summed E-state index contributed by atoms with van der Waals surface area (Å²) in [6.07, 6.45) is 1.63. The van der Waals surface area contributed by atoms with Crippen molar-refractivity contribution in [2.24, 2.45) is 0 Å². The molecule has 1 aromatic heterocycles. The van der Waals surface area contributed by atoms with Gasteiger partial charge >= 0.3 is 0 Å². The molecule has 1 heterocycles. The number of hydrogen-bond donors (Lipinski definition) is 0. The van der Waals surface area contributed by atoms with Crippen LogP contribution in [0.25, 0.3) is 10.9 Å². The fourth-order valence-electron chi connectivity index (χ4n) is 1.31. The van der Waals surface area contributed by atoms with Gasteiger partial charge in [-0.25, -0.2) is 4.39 Å². The number of nitrogens with zero attached hydrogens (tertiary/aromatic N) is 1. The Hall–Kier alpha value is -0.960. The molecule has 66 valence electrons. The maximum Gasteiger partial charge on any atom is 0.149 e. The molecular weight excluding hydrogens is 233 g/mol. The van der Waals surface area contributed by atoms with E-state index < -0.39 is 0 Å². The first-order valence-electron chi connectivity index (χ1n) is 3.91. The van der Waals surface area contributed by atoms with Crippen LogP contribution in [0.4, 0.5) is 4.39 Å². The van der Waals surface area contributed by atoms with Crippen LogP contribution in [0.5, 0.6) is 0 Å². The molecule has 2 rings (SSSR count). The van der Waals surface area contributed by atoms with Gasteiger partial charge in [0.1, 0.15) is 11.3 Å². The molecule has 0 aliphatic carbocycles. The second kappa shape index (κ2) is 3.42. The molecule has 1 nitrogen and oxygen atoms in total. The summed E-state index contributed by atoms with van der Waals surface area (Å²) in [7, 11) is 0. The molecular formula is C10H7BrFN. The topological polar surface area (TPSA) is 12.9 Å². The predicted molar refractivity (Wildman–Crippen MR) is 54.3 cm³/mol. The summed E-state index contributed by atoms with van der Waals surface area (Å²) in [6, 6.07) is 6.89. The van der Waals surface area contributed by atoms with E-state index in [9.17, 15) is 4.39 Å². The van der Waals surface area contributed by atoms with E-state index in [2.05, 4.69) is 20.9 Å². The molecule has 0 atom stereocenters. The van der Waals surface area contributed by atoms with Crippen molar-refractivity contribution in [3.05, 3.63) is 41.8 Å². The zero-order valence-corrected chi connectivity index (χ0v) is 8.38. The quantitative estimate of drug-likeness (QED) is 0.697. The van der Waals surface area contributed by atoms with Gasteiger partial charge in [0.15, 0.2) is 0 Å². The Morgan fingerprint density at radius 2 is 2.15 bits per heavy atom. The number of benzene rings is 1. The van der Waals surface area contributed by atoms with Gasteiger partial charge in [0, 0.05) is 16.9 Å². The average Bonchev–Trinajstić information content (AvgIpc) is 2.18. The van der Waals surface area contributed by atoms with E-state index in [-0.39, 0.29) is 5.82 Å². The van der Waals surface area contributed by atoms with Crippen LogP contribution < -0.4 is 0 Å². The van der Waals surface area contributed by atoms with Crippen molar-refractivity contribution in [3.8, 4) is 0 Å². The molecule has 0 N–H and O–H groups in total. The van der Waals surface area contributed by atoms with E-state index in [4.69, 9.17) is 0 Å². The molecule has 0 unspecified atom stereocenters. The third-order valence-electron chi connectivity index (χ3n) is 1.96. The van der Waals surface area contributed by atoms with Crippen molar-refractivity contribution < 1.29 is 4.39 Å². The van der Waals surface area contributed by atoms with Gasteiger partial charge in [0.2, 0.25) is 0 Å². The van der Waals surface area contributed by atoms with Gasteiger partial charge in [-0.2, -0.15) is 0 Å². The zero-order chi connectivity index (χ0) is 9.26. The summed E-state index contributed by atoms with van der Waals surface area (Å²) in [5.41, 5.74) is 1.50. The van der Waals surface area contributed by atoms with Crippen LogP contribution in [0.3, 0.4) is 0 Å². The Kier molecular flexibility index (Phi) is 2.27. The number of para-hydroxylation sites is 1. The molecule has 0 fully saturated rings. The van der Waals surface area contributed by atoms with E-state index in [1.54, 1.807) is 12.3 Å². The molecule has 2 aromatic rings. The monoisotopic (exact) mass is 239 g/mol. The Morgan fingerprint density at radius 1 is 1.31 bits per heavy atom. The Balaban J connectivity index is 2.84. The van der Waals surface area contributed by atoms with Crippen LogP contribution in [-0.2, 0) is 5.33 Å². The van der Waals surface area contributed by atoms with E-state index in [1.165, 1.54) is 6.07 Å². The lowest BCUT2D eigenvalue weighted by atomic mass is 10.1. The van der Waals surface area contributed by atoms with Gasteiger partial charge in [-0.1, -0.05) is 28.1 Å². The maximum atomic E-state index is 13.2. The first kappa shape index (κ1) is 8.63. The lowest BCUT2D eigenvalue weighted by Gasteiger charge is -2.02. The lowest BCUT2D eigenvalue weighted by molar-refractivity contribution is 0.637. The Labute approximate surface area is 83.7 Å². The highest BCUT2D eigenvalue weighted by molar-refractivity contribution is 9.08. The van der Waals surface area contributed by atoms with E-state index >= 15 is 0 Å². The molecule has 0 amide bonds. The van der Waals surface area contributed by atoms with Gasteiger partial charge < -0.3 is 0 Å². The van der Waals surface area contributed by atoms with Crippen LogP contribution in [-0.4, -0.2) is 4.98 Å². The number of fused-ring (bicyclic) bond motifs is 1. The summed E-state index contributed by atoms with van der Waals surface area (Å²) in [5.74, 6) is -0.264. The zero-order valence-electron chi connectivity index (χ0n) is 6.80. The van der Waals surface area contributed by atoms with Crippen LogP contribution in [0.1, 0.15) is 5.56 Å². The Morgan fingerprint density at radius 3 is 2.92 bits per heavy atom. The average molecular weight is 240 g/mol. The third kappa shape index (κ3) is 1.44. The summed E-state index contributed by atoms with van der Waals surface area (Å²) in [6.45, 7) is 0. The first-order chi connectivity index (χ1) is 6.33. The molecule has 0 radical (unpaired) electrons. The van der Waals surface area contributed by atoms with Crippen LogP contribution in [0, 0.1) is 5.82 Å². The first-order valence-corrected chi connectivity index (χ1v) is 5.03. The molecule has 0 aliphatic rings. The van der Waals surface area contributed by atoms with E-state index in [0.29, 0.717) is 5.52 Å². The fraction of sp³-hybridized carbons (Fsp3) is 0.100. The number of alkyl halides is 1. The molecule has 0 saturated carbocycles. The molecule has 0 saturated heterocycles. The van der Waals surface area contributed by atoms with E-state index in [0.717, 1.165) is 16.3 Å². The highest BCUT2D eigenvalue weighted by Crippen LogP contribution is 2.20. The van der Waals surface area contributed by atoms with Crippen molar-refractivity contribution in [1.29, 1.82) is 0 Å². The molecule has 1 aromatic carbocycles. The minimum absolute atomic E-state index is 0.264. The fourth-order valence-corrected chi connectivity index (χ4v) is 1.80. The minimum Gasteiger partial charge on any atom is -0.253 e. The molecule has 3 heteroatoms. The van der Waals surface area contributed by atoms with Gasteiger partial charge in [0.25, 0.3) is 0 Å². The second-order valence-electron chi connectivity index (χ2n) is 2.74. The number of halogens is 2. The third-order valence-corrected chi connectivity index (χ3v) is 2.56. The summed E-state index contributed by atoms with van der Waals surface area (Å²) >= 11 is 3.35. The number of hydrogen-bond acceptors (Lipinski definition) is 1. The standard InChI is InChI=1S/C10H7BrFN/c11-6-7-4-5-13-10-8(7)2-1-3-9(10)12/h1-5H,6H2. The maximum absolute atomic E-state index is 13.2. The van der Waals surface area contributed by atoms with Crippen molar-refractivity contribution in [2.45, 2.75) is 5.33 Å². The number of rotatable bonds is 1. The molecule has 0 spiro atoms. The lowest BCUT2D eigenvalue weighted by Crippen LogP contribution is -1.87. The highest BCUT2D eigenvalue weighted by atomic mass is 79.9. The Bertz CT molecular complexity index is 442. The van der Waals surface area contributed by atoms with Gasteiger partial charge in [-0.3, -0.25) is 4.98 Å². The van der Waals surface area contributed by atoms with Gasteiger partial charge in [-0.15, -0.1) is 0 Å². The predicted octanol–water partition coefficient (Wildman–Crippen LogP) is 3.27.